The number of fused-ring (bicyclic) bond motifs is 1. The van der Waals surface area contributed by atoms with Crippen molar-refractivity contribution in [3.8, 4) is 0 Å². The van der Waals surface area contributed by atoms with Crippen LogP contribution >= 0.6 is 0 Å². The summed E-state index contributed by atoms with van der Waals surface area (Å²) in [4.78, 5) is 18.5. The molecule has 0 atom stereocenters. The van der Waals surface area contributed by atoms with E-state index in [1.54, 1.807) is 6.92 Å². The summed E-state index contributed by atoms with van der Waals surface area (Å²) in [6.07, 6.45) is 0. The number of anilines is 1. The number of amides is 2. The molecule has 0 aliphatic carbocycles. The summed E-state index contributed by atoms with van der Waals surface area (Å²) < 4.78 is 39.8. The highest BCUT2D eigenvalue weighted by molar-refractivity contribution is 7.92. The zero-order chi connectivity index (χ0) is 16.6. The fourth-order valence-electron chi connectivity index (χ4n) is 2.30. The summed E-state index contributed by atoms with van der Waals surface area (Å²) in [5.41, 5.74) is 0.354. The Kier molecular flexibility index (Phi) is 3.69. The van der Waals surface area contributed by atoms with Gasteiger partial charge in [-0.25, -0.2) is 17.6 Å². The standard InChI is InChI=1S/C15H12FN3O3S/c1-2-19(11-5-3-10(16)4-6-11)23(21,22)12-7-8-13-14(9-12)18-15(20)17-13/h3-9H,2H2,1H3. The van der Waals surface area contributed by atoms with Crippen molar-refractivity contribution in [1.82, 2.24) is 0 Å². The highest BCUT2D eigenvalue weighted by Crippen LogP contribution is 2.22. The Morgan fingerprint density at radius 2 is 1.70 bits per heavy atom. The number of benzene rings is 2. The second-order valence-corrected chi connectivity index (χ2v) is 6.67. The molecule has 0 N–H and O–H groups in total. The van der Waals surface area contributed by atoms with Crippen LogP contribution in [0.1, 0.15) is 6.92 Å². The van der Waals surface area contributed by atoms with E-state index in [0.717, 1.165) is 4.31 Å². The molecule has 0 fully saturated rings. The minimum Gasteiger partial charge on any atom is -0.267 e. The number of hydrogen-bond donors (Lipinski definition) is 0. The maximum atomic E-state index is 13.0. The zero-order valence-electron chi connectivity index (χ0n) is 12.1. The molecule has 6 nitrogen and oxygen atoms in total. The van der Waals surface area contributed by atoms with Gasteiger partial charge in [-0.2, -0.15) is 9.98 Å². The fourth-order valence-corrected chi connectivity index (χ4v) is 3.80. The zero-order valence-corrected chi connectivity index (χ0v) is 12.9. The Hall–Kier alpha value is -2.61. The summed E-state index contributed by atoms with van der Waals surface area (Å²) in [7, 11) is -3.86. The van der Waals surface area contributed by atoms with Gasteiger partial charge in [0.25, 0.3) is 10.0 Å². The average molecular weight is 333 g/mol. The first-order valence-electron chi connectivity index (χ1n) is 6.81. The van der Waals surface area contributed by atoms with E-state index in [1.165, 1.54) is 42.5 Å². The van der Waals surface area contributed by atoms with Crippen LogP contribution in [0.25, 0.3) is 0 Å². The number of carbonyl (C=O) groups is 1. The molecule has 0 radical (unpaired) electrons. The van der Waals surface area contributed by atoms with Gasteiger partial charge in [-0.15, -0.1) is 0 Å². The number of rotatable bonds is 4. The van der Waals surface area contributed by atoms with Gasteiger partial charge in [0.15, 0.2) is 0 Å². The molecule has 0 bridgehead atoms. The number of urea groups is 1. The fraction of sp³-hybridized carbons (Fsp3) is 0.133. The van der Waals surface area contributed by atoms with E-state index < -0.39 is 21.9 Å². The minimum atomic E-state index is -3.86. The lowest BCUT2D eigenvalue weighted by Gasteiger charge is -2.22. The third kappa shape index (κ3) is 2.72. The average Bonchev–Trinajstić information content (AvgIpc) is 2.88. The molecule has 0 aromatic heterocycles. The number of carbonyl (C=O) groups excluding carboxylic acids is 1. The molecule has 2 amide bonds. The van der Waals surface area contributed by atoms with Crippen molar-refractivity contribution in [1.29, 1.82) is 0 Å². The van der Waals surface area contributed by atoms with Crippen LogP contribution in [0.3, 0.4) is 0 Å². The summed E-state index contributed by atoms with van der Waals surface area (Å²) in [5, 5.41) is 0.574. The summed E-state index contributed by atoms with van der Waals surface area (Å²) in [6.45, 7) is 1.85. The van der Waals surface area contributed by atoms with Crippen LogP contribution in [0.4, 0.5) is 14.9 Å². The van der Waals surface area contributed by atoms with Gasteiger partial charge in [-0.1, -0.05) is 0 Å². The lowest BCUT2D eigenvalue weighted by molar-refractivity contribution is 0.256. The molecule has 0 saturated carbocycles. The molecule has 0 unspecified atom stereocenters. The second-order valence-electron chi connectivity index (χ2n) is 4.80. The first-order valence-corrected chi connectivity index (χ1v) is 8.25. The van der Waals surface area contributed by atoms with E-state index in [0.29, 0.717) is 11.0 Å². The second kappa shape index (κ2) is 5.54. The molecular weight excluding hydrogens is 321 g/mol. The van der Waals surface area contributed by atoms with Crippen LogP contribution in [0.15, 0.2) is 57.3 Å². The van der Waals surface area contributed by atoms with Crippen LogP contribution in [0.5, 0.6) is 0 Å². The van der Waals surface area contributed by atoms with Crippen molar-refractivity contribution in [3.63, 3.8) is 0 Å². The van der Waals surface area contributed by atoms with Gasteiger partial charge in [0.2, 0.25) is 0 Å². The van der Waals surface area contributed by atoms with Crippen molar-refractivity contribution in [3.05, 3.63) is 59.0 Å². The van der Waals surface area contributed by atoms with Gasteiger partial charge in [-0.05, 0) is 49.4 Å². The predicted molar refractivity (Wildman–Crippen MR) is 80.8 cm³/mol. The maximum absolute atomic E-state index is 13.0. The van der Waals surface area contributed by atoms with Crippen LogP contribution in [0, 0.1) is 5.82 Å². The highest BCUT2D eigenvalue weighted by atomic mass is 32.2. The van der Waals surface area contributed by atoms with E-state index >= 15 is 0 Å². The SMILES string of the molecule is CCN(c1ccc(F)cc1)S(=O)(=O)c1ccc2c(c1)=NC(=O)N=2. The lowest BCUT2D eigenvalue weighted by atomic mass is 10.3. The molecular formula is C15H12FN3O3S. The molecule has 0 spiro atoms. The van der Waals surface area contributed by atoms with E-state index in [4.69, 9.17) is 0 Å². The Balaban J connectivity index is 2.09. The van der Waals surface area contributed by atoms with Crippen molar-refractivity contribution < 1.29 is 17.6 Å². The summed E-state index contributed by atoms with van der Waals surface area (Å²) in [5.74, 6) is -0.446. The van der Waals surface area contributed by atoms with Gasteiger partial charge < -0.3 is 0 Å². The van der Waals surface area contributed by atoms with Crippen molar-refractivity contribution in [2.24, 2.45) is 9.98 Å². The van der Waals surface area contributed by atoms with Crippen molar-refractivity contribution in [2.75, 3.05) is 10.8 Å². The van der Waals surface area contributed by atoms with Crippen molar-refractivity contribution >= 4 is 21.7 Å². The minimum absolute atomic E-state index is 0.00363. The molecule has 1 aliphatic heterocycles. The molecule has 3 rings (SSSR count). The van der Waals surface area contributed by atoms with Crippen LogP contribution in [0.2, 0.25) is 0 Å². The molecule has 23 heavy (non-hydrogen) atoms. The molecule has 118 valence electrons. The molecule has 1 aliphatic rings. The van der Waals surface area contributed by atoms with Crippen molar-refractivity contribution in [2.45, 2.75) is 11.8 Å². The number of sulfonamides is 1. The molecule has 0 saturated heterocycles. The summed E-state index contributed by atoms with van der Waals surface area (Å²) in [6, 6.07) is 8.66. The molecule has 2 aromatic rings. The third-order valence-corrected chi connectivity index (χ3v) is 5.27. The molecule has 8 heteroatoms. The van der Waals surface area contributed by atoms with E-state index in [2.05, 4.69) is 9.98 Å². The maximum Gasteiger partial charge on any atom is 0.368 e. The Morgan fingerprint density at radius 1 is 1.04 bits per heavy atom. The monoisotopic (exact) mass is 333 g/mol. The third-order valence-electron chi connectivity index (χ3n) is 3.37. The molecule has 1 heterocycles. The lowest BCUT2D eigenvalue weighted by Crippen LogP contribution is -2.32. The largest absolute Gasteiger partial charge is 0.368 e. The van der Waals surface area contributed by atoms with Crippen LogP contribution in [-0.4, -0.2) is 21.0 Å². The van der Waals surface area contributed by atoms with Gasteiger partial charge in [0, 0.05) is 6.54 Å². The highest BCUT2D eigenvalue weighted by Gasteiger charge is 2.24. The topological polar surface area (TPSA) is 79.2 Å². The van der Waals surface area contributed by atoms with E-state index in [9.17, 15) is 17.6 Å². The predicted octanol–water partition coefficient (Wildman–Crippen LogP) is 1.41. The number of nitrogens with zero attached hydrogens (tertiary/aromatic N) is 3. The smallest absolute Gasteiger partial charge is 0.267 e. The van der Waals surface area contributed by atoms with Crippen LogP contribution < -0.4 is 15.0 Å². The quantitative estimate of drug-likeness (QED) is 0.849. The van der Waals surface area contributed by atoms with Gasteiger partial charge in [0.05, 0.1) is 21.3 Å². The van der Waals surface area contributed by atoms with E-state index in [-0.39, 0.29) is 16.8 Å². The molecule has 2 aromatic carbocycles. The summed E-state index contributed by atoms with van der Waals surface area (Å²) >= 11 is 0. The number of halogens is 1. The van der Waals surface area contributed by atoms with Gasteiger partial charge in [-0.3, -0.25) is 4.31 Å². The Bertz CT molecular complexity index is 1000. The number of hydrogen-bond acceptors (Lipinski definition) is 3. The Morgan fingerprint density at radius 3 is 2.35 bits per heavy atom. The van der Waals surface area contributed by atoms with Crippen LogP contribution in [-0.2, 0) is 10.0 Å². The van der Waals surface area contributed by atoms with E-state index in [1.807, 2.05) is 0 Å². The first-order chi connectivity index (χ1) is 10.9. The van der Waals surface area contributed by atoms with Gasteiger partial charge in [0.1, 0.15) is 5.82 Å². The first kappa shape index (κ1) is 15.3. The normalized spacial score (nSPS) is 13.2. The van der Waals surface area contributed by atoms with Gasteiger partial charge >= 0.3 is 6.03 Å². The Labute approximate surface area is 131 Å².